The van der Waals surface area contributed by atoms with Gasteiger partial charge in [-0.2, -0.15) is 0 Å². The van der Waals surface area contributed by atoms with Gasteiger partial charge in [-0.05, 0) is 17.7 Å². The van der Waals surface area contributed by atoms with Crippen molar-refractivity contribution in [1.82, 2.24) is 4.90 Å². The third-order valence-electron chi connectivity index (χ3n) is 4.07. The topological polar surface area (TPSA) is 117 Å². The van der Waals surface area contributed by atoms with Crippen molar-refractivity contribution in [3.05, 3.63) is 71.8 Å². The Morgan fingerprint density at radius 2 is 1.70 bits per heavy atom. The largest absolute Gasteiger partial charge is 0.473 e. The molecule has 0 bridgehead atoms. The highest BCUT2D eigenvalue weighted by atomic mass is 32.2. The number of carbonyl (C=O) groups excluding carboxylic acids is 2. The average molecular weight is 385 g/mol. The van der Waals surface area contributed by atoms with E-state index in [4.69, 9.17) is 4.74 Å². The van der Waals surface area contributed by atoms with Gasteiger partial charge in [-0.3, -0.25) is 4.79 Å². The fourth-order valence-electron chi connectivity index (χ4n) is 2.59. The average Bonchev–Trinajstić information content (AvgIpc) is 2.68. The molecule has 1 aliphatic heterocycles. The number of cyclic esters (lactones) is 1. The van der Waals surface area contributed by atoms with Crippen LogP contribution in [0.2, 0.25) is 0 Å². The molecule has 1 atom stereocenters. The standard InChI is InChI=1S/C18H15N3O5S/c19-20-16(27(24,25)14-9-5-2-6-10-14)17(22)21(15-12-26-18(15)23)11-13-7-3-1-4-8-13/h1-10,15H,11-12H2/t15-/m1/s1. The molecule has 3 rings (SSSR count). The summed E-state index contributed by atoms with van der Waals surface area (Å²) in [6, 6.07) is 14.9. The molecule has 0 aromatic heterocycles. The lowest BCUT2D eigenvalue weighted by atomic mass is 10.1. The van der Waals surface area contributed by atoms with Crippen LogP contribution in [0.1, 0.15) is 5.56 Å². The van der Waals surface area contributed by atoms with Crippen molar-refractivity contribution < 1.29 is 27.5 Å². The van der Waals surface area contributed by atoms with Crippen LogP contribution in [0.15, 0.2) is 65.6 Å². The highest BCUT2D eigenvalue weighted by Crippen LogP contribution is 2.19. The fourth-order valence-corrected chi connectivity index (χ4v) is 3.79. The van der Waals surface area contributed by atoms with Gasteiger partial charge in [0.15, 0.2) is 6.04 Å². The van der Waals surface area contributed by atoms with Crippen molar-refractivity contribution in [3.63, 3.8) is 0 Å². The smallest absolute Gasteiger partial charge is 0.461 e. The van der Waals surface area contributed by atoms with Crippen molar-refractivity contribution in [2.24, 2.45) is 0 Å². The van der Waals surface area contributed by atoms with E-state index in [0.29, 0.717) is 5.56 Å². The van der Waals surface area contributed by atoms with E-state index >= 15 is 0 Å². The molecule has 0 N–H and O–H groups in total. The number of hydrogen-bond donors (Lipinski definition) is 0. The first-order valence-electron chi connectivity index (χ1n) is 7.99. The number of benzene rings is 2. The van der Waals surface area contributed by atoms with Crippen molar-refractivity contribution >= 4 is 26.8 Å². The third-order valence-corrected chi connectivity index (χ3v) is 5.73. The van der Waals surface area contributed by atoms with Crippen LogP contribution >= 0.6 is 0 Å². The maximum Gasteiger partial charge on any atom is 0.473 e. The number of hydrogen-bond acceptors (Lipinski definition) is 5. The summed E-state index contributed by atoms with van der Waals surface area (Å²) in [6.07, 6.45) is 0. The Balaban J connectivity index is 1.97. The lowest BCUT2D eigenvalue weighted by Gasteiger charge is -2.34. The van der Waals surface area contributed by atoms with E-state index in [1.807, 2.05) is 0 Å². The second-order valence-electron chi connectivity index (χ2n) is 5.79. The van der Waals surface area contributed by atoms with Crippen LogP contribution in [0, 0.1) is 0 Å². The molecule has 1 saturated heterocycles. The summed E-state index contributed by atoms with van der Waals surface area (Å²) < 4.78 is 30.1. The molecule has 0 spiro atoms. The molecule has 0 saturated carbocycles. The first-order valence-corrected chi connectivity index (χ1v) is 9.47. The van der Waals surface area contributed by atoms with Crippen molar-refractivity contribution in [2.45, 2.75) is 17.5 Å². The zero-order valence-electron chi connectivity index (χ0n) is 14.1. The Labute approximate surface area is 155 Å². The minimum absolute atomic E-state index is 0.0389. The van der Waals surface area contributed by atoms with Gasteiger partial charge in [0.25, 0.3) is 9.84 Å². The van der Waals surface area contributed by atoms with Gasteiger partial charge in [0.1, 0.15) is 6.61 Å². The number of carbonyl (C=O) groups is 2. The molecule has 0 aliphatic carbocycles. The van der Waals surface area contributed by atoms with Crippen LogP contribution in [0.4, 0.5) is 0 Å². The Morgan fingerprint density at radius 3 is 2.19 bits per heavy atom. The molecular weight excluding hydrogens is 370 g/mol. The van der Waals surface area contributed by atoms with E-state index in [9.17, 15) is 23.5 Å². The van der Waals surface area contributed by atoms with Gasteiger partial charge in [-0.25, -0.2) is 13.2 Å². The van der Waals surface area contributed by atoms with Gasteiger partial charge in [0, 0.05) is 6.54 Å². The van der Waals surface area contributed by atoms with Crippen molar-refractivity contribution in [1.29, 1.82) is 0 Å². The van der Waals surface area contributed by atoms with E-state index in [2.05, 4.69) is 4.79 Å². The molecule has 2 aromatic rings. The molecular formula is C18H15N3O5S. The summed E-state index contributed by atoms with van der Waals surface area (Å²) in [4.78, 5) is 28.3. The molecule has 1 aliphatic rings. The molecule has 8 nitrogen and oxygen atoms in total. The summed E-state index contributed by atoms with van der Waals surface area (Å²) in [5.41, 5.74) is 9.97. The molecule has 138 valence electrons. The van der Waals surface area contributed by atoms with E-state index < -0.39 is 32.8 Å². The van der Waals surface area contributed by atoms with Gasteiger partial charge in [-0.15, -0.1) is 4.79 Å². The quantitative estimate of drug-likeness (QED) is 0.256. The van der Waals surface area contributed by atoms with Crippen LogP contribution in [-0.2, 0) is 30.7 Å². The Morgan fingerprint density at radius 1 is 1.11 bits per heavy atom. The molecule has 0 unspecified atom stereocenters. The Kier molecular flexibility index (Phi) is 5.16. The minimum atomic E-state index is -4.37. The maximum atomic E-state index is 12.9. The molecule has 1 fully saturated rings. The van der Waals surface area contributed by atoms with Crippen LogP contribution in [0.5, 0.6) is 0 Å². The van der Waals surface area contributed by atoms with Gasteiger partial charge in [-0.1, -0.05) is 48.5 Å². The molecule has 27 heavy (non-hydrogen) atoms. The first-order chi connectivity index (χ1) is 12.9. The number of amides is 1. The van der Waals surface area contributed by atoms with Crippen LogP contribution in [0.25, 0.3) is 5.53 Å². The van der Waals surface area contributed by atoms with Crippen molar-refractivity contribution in [3.8, 4) is 0 Å². The highest BCUT2D eigenvalue weighted by Gasteiger charge is 2.47. The number of rotatable bonds is 4. The fraction of sp³-hybridized carbons (Fsp3) is 0.167. The normalized spacial score (nSPS) is 15.9. The Hall–Kier alpha value is -3.29. The lowest BCUT2D eigenvalue weighted by Crippen LogP contribution is -2.57. The zero-order valence-corrected chi connectivity index (χ0v) is 14.9. The number of ether oxygens (including phenoxy) is 1. The number of nitrogens with zero attached hydrogens (tertiary/aromatic N) is 3. The summed E-state index contributed by atoms with van der Waals surface area (Å²) in [6.45, 7) is -0.0930. The number of esters is 1. The van der Waals surface area contributed by atoms with Gasteiger partial charge in [0.05, 0.1) is 4.90 Å². The predicted molar refractivity (Wildman–Crippen MR) is 94.0 cm³/mol. The summed E-state index contributed by atoms with van der Waals surface area (Å²) in [5.74, 6) is -1.72. The lowest BCUT2D eigenvalue weighted by molar-refractivity contribution is -0.175. The summed E-state index contributed by atoms with van der Waals surface area (Å²) in [7, 11) is -4.37. The van der Waals surface area contributed by atoms with Gasteiger partial charge in [0.2, 0.25) is 0 Å². The second kappa shape index (κ2) is 7.53. The molecule has 9 heteroatoms. The number of sulfone groups is 1. The second-order valence-corrected chi connectivity index (χ2v) is 7.65. The molecule has 0 radical (unpaired) electrons. The van der Waals surface area contributed by atoms with Gasteiger partial charge >= 0.3 is 16.9 Å². The zero-order chi connectivity index (χ0) is 19.4. The van der Waals surface area contributed by atoms with Crippen LogP contribution in [0.3, 0.4) is 0 Å². The van der Waals surface area contributed by atoms with Crippen LogP contribution in [-0.4, -0.2) is 47.7 Å². The summed E-state index contributed by atoms with van der Waals surface area (Å²) in [5, 5.41) is -1.05. The monoisotopic (exact) mass is 385 g/mol. The SMILES string of the molecule is [N-]=[N+]=C(C(=O)N(Cc1ccccc1)[C@@H]1COC1=O)S(=O)(=O)c1ccccc1. The van der Waals surface area contributed by atoms with E-state index in [1.54, 1.807) is 36.4 Å². The highest BCUT2D eigenvalue weighted by molar-refractivity contribution is 8.08. The van der Waals surface area contributed by atoms with Gasteiger partial charge < -0.3 is 15.2 Å². The predicted octanol–water partition coefficient (Wildman–Crippen LogP) is 1.04. The van der Waals surface area contributed by atoms with Crippen LogP contribution < -0.4 is 0 Å². The minimum Gasteiger partial charge on any atom is -0.461 e. The third kappa shape index (κ3) is 3.64. The van der Waals surface area contributed by atoms with E-state index in [1.165, 1.54) is 24.3 Å². The molecule has 1 heterocycles. The van der Waals surface area contributed by atoms with E-state index in [0.717, 1.165) is 4.90 Å². The maximum absolute atomic E-state index is 12.9. The summed E-state index contributed by atoms with van der Waals surface area (Å²) >= 11 is 0. The first kappa shape index (κ1) is 18.5. The molecule has 1 amide bonds. The van der Waals surface area contributed by atoms with Crippen molar-refractivity contribution in [2.75, 3.05) is 6.61 Å². The molecule has 2 aromatic carbocycles. The Bertz CT molecular complexity index is 1020. The van der Waals surface area contributed by atoms with E-state index in [-0.39, 0.29) is 18.0 Å².